The molecule has 1 heterocycles. The standard InChI is InChI=1S/C12H16ClN.CH4/c13-12-3-1-10(2-4-12)9-11-5-7-14-8-6-11;/h1-4,11,14H,5-9H2;1H4. The van der Waals surface area contributed by atoms with Crippen molar-refractivity contribution in [1.29, 1.82) is 0 Å². The molecule has 1 nitrogen and oxygen atoms in total. The van der Waals surface area contributed by atoms with Gasteiger partial charge < -0.3 is 5.32 Å². The third-order valence-electron chi connectivity index (χ3n) is 2.90. The van der Waals surface area contributed by atoms with Crippen LogP contribution in [0.5, 0.6) is 0 Å². The Bertz CT molecular complexity index is 275. The van der Waals surface area contributed by atoms with Crippen molar-refractivity contribution in [2.24, 2.45) is 5.92 Å². The lowest BCUT2D eigenvalue weighted by Gasteiger charge is -2.22. The molecule has 1 aromatic rings. The summed E-state index contributed by atoms with van der Waals surface area (Å²) in [5, 5.41) is 4.22. The van der Waals surface area contributed by atoms with Crippen LogP contribution >= 0.6 is 11.6 Å². The van der Waals surface area contributed by atoms with Crippen LogP contribution in [0.15, 0.2) is 24.3 Å². The monoisotopic (exact) mass is 225 g/mol. The maximum atomic E-state index is 5.84. The first-order valence-electron chi connectivity index (χ1n) is 5.30. The first-order valence-corrected chi connectivity index (χ1v) is 5.67. The minimum absolute atomic E-state index is 0. The van der Waals surface area contributed by atoms with Gasteiger partial charge >= 0.3 is 0 Å². The lowest BCUT2D eigenvalue weighted by atomic mass is 9.91. The summed E-state index contributed by atoms with van der Waals surface area (Å²) >= 11 is 5.84. The first-order chi connectivity index (χ1) is 6.84. The Morgan fingerprint density at radius 3 is 2.33 bits per heavy atom. The second kappa shape index (κ2) is 6.14. The van der Waals surface area contributed by atoms with Crippen LogP contribution in [0.25, 0.3) is 0 Å². The molecule has 1 aromatic carbocycles. The molecule has 2 rings (SSSR count). The highest BCUT2D eigenvalue weighted by molar-refractivity contribution is 6.30. The molecule has 0 aromatic heterocycles. The van der Waals surface area contributed by atoms with Gasteiger partial charge in [-0.25, -0.2) is 0 Å². The minimum atomic E-state index is 0. The number of hydrogen-bond donors (Lipinski definition) is 1. The third kappa shape index (κ3) is 3.84. The summed E-state index contributed by atoms with van der Waals surface area (Å²) < 4.78 is 0. The SMILES string of the molecule is C.Clc1ccc(CC2CCNCC2)cc1. The summed E-state index contributed by atoms with van der Waals surface area (Å²) in [6.07, 6.45) is 3.82. The fourth-order valence-corrected chi connectivity index (χ4v) is 2.17. The van der Waals surface area contributed by atoms with Gasteiger partial charge in [-0.1, -0.05) is 31.2 Å². The zero-order chi connectivity index (χ0) is 9.80. The van der Waals surface area contributed by atoms with Gasteiger partial charge in [0.05, 0.1) is 0 Å². The summed E-state index contributed by atoms with van der Waals surface area (Å²) in [5.41, 5.74) is 1.42. The molecule has 0 saturated carbocycles. The normalized spacial score (nSPS) is 17.1. The predicted octanol–water partition coefficient (Wildman–Crippen LogP) is 3.52. The highest BCUT2D eigenvalue weighted by atomic mass is 35.5. The molecule has 1 aliphatic heterocycles. The summed E-state index contributed by atoms with van der Waals surface area (Å²) in [4.78, 5) is 0. The Hall–Kier alpha value is -0.530. The number of nitrogens with one attached hydrogen (secondary N) is 1. The Kier molecular flexibility index (Phi) is 5.13. The van der Waals surface area contributed by atoms with Gasteiger partial charge in [-0.3, -0.25) is 0 Å². The smallest absolute Gasteiger partial charge is 0.0406 e. The molecule has 0 radical (unpaired) electrons. The van der Waals surface area contributed by atoms with Crippen LogP contribution in [-0.4, -0.2) is 13.1 Å². The van der Waals surface area contributed by atoms with Crippen molar-refractivity contribution in [3.8, 4) is 0 Å². The van der Waals surface area contributed by atoms with Gasteiger partial charge in [-0.15, -0.1) is 0 Å². The van der Waals surface area contributed by atoms with E-state index in [9.17, 15) is 0 Å². The molecular weight excluding hydrogens is 206 g/mol. The van der Waals surface area contributed by atoms with Crippen LogP contribution in [0.3, 0.4) is 0 Å². The number of hydrogen-bond acceptors (Lipinski definition) is 1. The van der Waals surface area contributed by atoms with Gasteiger partial charge in [0.25, 0.3) is 0 Å². The van der Waals surface area contributed by atoms with Crippen LogP contribution in [0.4, 0.5) is 0 Å². The van der Waals surface area contributed by atoms with E-state index < -0.39 is 0 Å². The number of halogens is 1. The largest absolute Gasteiger partial charge is 0.317 e. The van der Waals surface area contributed by atoms with Crippen molar-refractivity contribution in [2.45, 2.75) is 26.7 Å². The van der Waals surface area contributed by atoms with Gasteiger partial charge in [-0.05, 0) is 56.0 Å². The molecule has 1 aliphatic rings. The van der Waals surface area contributed by atoms with Crippen LogP contribution < -0.4 is 5.32 Å². The Labute approximate surface area is 97.8 Å². The maximum Gasteiger partial charge on any atom is 0.0406 e. The van der Waals surface area contributed by atoms with Crippen molar-refractivity contribution in [3.05, 3.63) is 34.9 Å². The maximum absolute atomic E-state index is 5.84. The van der Waals surface area contributed by atoms with E-state index >= 15 is 0 Å². The van der Waals surface area contributed by atoms with Gasteiger partial charge in [0.15, 0.2) is 0 Å². The van der Waals surface area contributed by atoms with E-state index in [0.29, 0.717) is 0 Å². The van der Waals surface area contributed by atoms with Crippen molar-refractivity contribution in [2.75, 3.05) is 13.1 Å². The quantitative estimate of drug-likeness (QED) is 0.812. The van der Waals surface area contributed by atoms with Gasteiger partial charge in [0.2, 0.25) is 0 Å². The molecular formula is C13H20ClN. The molecule has 0 bridgehead atoms. The van der Waals surface area contributed by atoms with E-state index in [1.54, 1.807) is 0 Å². The molecule has 0 atom stereocenters. The van der Waals surface area contributed by atoms with E-state index in [4.69, 9.17) is 11.6 Å². The van der Waals surface area contributed by atoms with Gasteiger partial charge in [0.1, 0.15) is 0 Å². The van der Waals surface area contributed by atoms with Crippen molar-refractivity contribution >= 4 is 11.6 Å². The molecule has 1 fully saturated rings. The fraction of sp³-hybridized carbons (Fsp3) is 0.538. The minimum Gasteiger partial charge on any atom is -0.317 e. The van der Waals surface area contributed by atoms with Gasteiger partial charge in [-0.2, -0.15) is 0 Å². The van der Waals surface area contributed by atoms with E-state index in [1.807, 2.05) is 12.1 Å². The third-order valence-corrected chi connectivity index (χ3v) is 3.15. The van der Waals surface area contributed by atoms with E-state index in [0.717, 1.165) is 10.9 Å². The second-order valence-electron chi connectivity index (χ2n) is 4.02. The van der Waals surface area contributed by atoms with Crippen LogP contribution in [0.2, 0.25) is 5.02 Å². The molecule has 84 valence electrons. The van der Waals surface area contributed by atoms with Crippen molar-refractivity contribution in [3.63, 3.8) is 0 Å². The summed E-state index contributed by atoms with van der Waals surface area (Å²) in [6.45, 7) is 2.36. The Morgan fingerprint density at radius 1 is 1.13 bits per heavy atom. The van der Waals surface area contributed by atoms with E-state index in [1.165, 1.54) is 37.9 Å². The fourth-order valence-electron chi connectivity index (χ4n) is 2.04. The molecule has 2 heteroatoms. The second-order valence-corrected chi connectivity index (χ2v) is 4.46. The summed E-state index contributed by atoms with van der Waals surface area (Å²) in [5.74, 6) is 0.859. The molecule has 0 aliphatic carbocycles. The molecule has 0 spiro atoms. The topological polar surface area (TPSA) is 12.0 Å². The van der Waals surface area contributed by atoms with Crippen LogP contribution in [0, 0.1) is 5.92 Å². The number of benzene rings is 1. The Morgan fingerprint density at radius 2 is 1.73 bits per heavy atom. The van der Waals surface area contributed by atoms with Crippen molar-refractivity contribution in [1.82, 2.24) is 5.32 Å². The summed E-state index contributed by atoms with van der Waals surface area (Å²) in [6, 6.07) is 8.25. The summed E-state index contributed by atoms with van der Waals surface area (Å²) in [7, 11) is 0. The molecule has 1 saturated heterocycles. The average molecular weight is 226 g/mol. The lowest BCUT2D eigenvalue weighted by molar-refractivity contribution is 0.372. The molecule has 15 heavy (non-hydrogen) atoms. The van der Waals surface area contributed by atoms with E-state index in [-0.39, 0.29) is 7.43 Å². The van der Waals surface area contributed by atoms with Crippen LogP contribution in [-0.2, 0) is 6.42 Å². The zero-order valence-electron chi connectivity index (χ0n) is 8.30. The zero-order valence-corrected chi connectivity index (χ0v) is 9.06. The molecule has 1 N–H and O–H groups in total. The van der Waals surface area contributed by atoms with Crippen molar-refractivity contribution < 1.29 is 0 Å². The lowest BCUT2D eigenvalue weighted by Crippen LogP contribution is -2.28. The molecule has 0 unspecified atom stereocenters. The highest BCUT2D eigenvalue weighted by Gasteiger charge is 2.12. The Balaban J connectivity index is 0.00000112. The van der Waals surface area contributed by atoms with E-state index in [2.05, 4.69) is 17.4 Å². The number of piperidine rings is 1. The molecule has 0 amide bonds. The van der Waals surface area contributed by atoms with Crippen LogP contribution in [0.1, 0.15) is 25.8 Å². The average Bonchev–Trinajstić information content (AvgIpc) is 2.23. The highest BCUT2D eigenvalue weighted by Crippen LogP contribution is 2.19. The van der Waals surface area contributed by atoms with Gasteiger partial charge in [0, 0.05) is 5.02 Å². The first kappa shape index (κ1) is 12.5. The predicted molar refractivity (Wildman–Crippen MR) is 67.5 cm³/mol. The number of rotatable bonds is 2.